The maximum atomic E-state index is 12.1. The number of nitro groups is 1. The summed E-state index contributed by atoms with van der Waals surface area (Å²) in [5.41, 5.74) is 2.87. The summed E-state index contributed by atoms with van der Waals surface area (Å²) in [6, 6.07) is 4.32. The molecule has 0 radical (unpaired) electrons. The second kappa shape index (κ2) is 6.27. The Labute approximate surface area is 135 Å². The number of anilines is 1. The number of amides is 1. The molecule has 22 heavy (non-hydrogen) atoms. The van der Waals surface area contributed by atoms with Crippen LogP contribution in [0.25, 0.3) is 0 Å². The molecule has 0 atom stereocenters. The smallest absolute Gasteiger partial charge is 0.269 e. The van der Waals surface area contributed by atoms with E-state index in [9.17, 15) is 14.9 Å². The molecule has 116 valence electrons. The van der Waals surface area contributed by atoms with Crippen molar-refractivity contribution in [2.75, 3.05) is 5.32 Å². The number of hydrogen-bond donors (Lipinski definition) is 1. The zero-order chi connectivity index (χ0) is 16.4. The molecular weight excluding hydrogens is 352 g/mol. The van der Waals surface area contributed by atoms with E-state index < -0.39 is 4.92 Å². The largest absolute Gasteiger partial charge is 0.324 e. The van der Waals surface area contributed by atoms with E-state index in [1.807, 2.05) is 13.8 Å². The fraction of sp³-hybridized carbons (Fsp3) is 0.286. The number of nitrogens with zero attached hydrogens (tertiary/aromatic N) is 3. The Balaban J connectivity index is 2.12. The molecule has 1 N–H and O–H groups in total. The number of rotatable bonds is 4. The standard InChI is InChI=1S/C14H15BrN4O3/c1-8-6-11(19(21)22)4-5-12(8)16-13(20)7-18-10(3)14(15)9(2)17-18/h4-6H,7H2,1-3H3,(H,16,20). The van der Waals surface area contributed by atoms with E-state index in [0.29, 0.717) is 11.3 Å². The van der Waals surface area contributed by atoms with Crippen molar-refractivity contribution < 1.29 is 9.72 Å². The maximum absolute atomic E-state index is 12.1. The lowest BCUT2D eigenvalue weighted by atomic mass is 10.2. The highest BCUT2D eigenvalue weighted by Gasteiger charge is 2.14. The highest BCUT2D eigenvalue weighted by Crippen LogP contribution is 2.22. The Morgan fingerprint density at radius 1 is 1.41 bits per heavy atom. The quantitative estimate of drug-likeness (QED) is 0.664. The maximum Gasteiger partial charge on any atom is 0.269 e. The highest BCUT2D eigenvalue weighted by molar-refractivity contribution is 9.10. The summed E-state index contributed by atoms with van der Waals surface area (Å²) in [7, 11) is 0. The van der Waals surface area contributed by atoms with Gasteiger partial charge in [-0.25, -0.2) is 0 Å². The Kier molecular flexibility index (Phi) is 4.60. The summed E-state index contributed by atoms with van der Waals surface area (Å²) in [5.74, 6) is -0.241. The van der Waals surface area contributed by atoms with Gasteiger partial charge in [-0.05, 0) is 48.3 Å². The lowest BCUT2D eigenvalue weighted by molar-refractivity contribution is -0.384. The number of nitrogens with one attached hydrogen (secondary N) is 1. The molecule has 0 saturated carbocycles. The number of halogens is 1. The second-order valence-corrected chi connectivity index (χ2v) is 5.74. The van der Waals surface area contributed by atoms with Crippen LogP contribution in [-0.4, -0.2) is 20.6 Å². The Morgan fingerprint density at radius 2 is 2.09 bits per heavy atom. The van der Waals surface area contributed by atoms with Crippen LogP contribution in [-0.2, 0) is 11.3 Å². The van der Waals surface area contributed by atoms with Gasteiger partial charge in [-0.3, -0.25) is 19.6 Å². The van der Waals surface area contributed by atoms with Gasteiger partial charge in [-0.1, -0.05) is 0 Å². The Hall–Kier alpha value is -2.22. The third-order valence-electron chi connectivity index (χ3n) is 3.28. The van der Waals surface area contributed by atoms with Crippen molar-refractivity contribution in [3.8, 4) is 0 Å². The first-order valence-corrected chi connectivity index (χ1v) is 7.33. The number of benzene rings is 1. The van der Waals surface area contributed by atoms with E-state index >= 15 is 0 Å². The molecule has 0 aliphatic rings. The number of aryl methyl sites for hydroxylation is 2. The Bertz CT molecular complexity index is 755. The summed E-state index contributed by atoms with van der Waals surface area (Å²) in [6.07, 6.45) is 0. The predicted molar refractivity (Wildman–Crippen MR) is 85.9 cm³/mol. The third kappa shape index (κ3) is 3.33. The van der Waals surface area contributed by atoms with Crippen molar-refractivity contribution in [2.45, 2.75) is 27.3 Å². The topological polar surface area (TPSA) is 90.1 Å². The van der Waals surface area contributed by atoms with Crippen LogP contribution in [0, 0.1) is 30.9 Å². The van der Waals surface area contributed by atoms with Crippen molar-refractivity contribution >= 4 is 33.2 Å². The zero-order valence-electron chi connectivity index (χ0n) is 12.4. The van der Waals surface area contributed by atoms with Gasteiger partial charge in [0.1, 0.15) is 6.54 Å². The summed E-state index contributed by atoms with van der Waals surface area (Å²) in [4.78, 5) is 22.3. The van der Waals surface area contributed by atoms with Gasteiger partial charge in [0.25, 0.3) is 5.69 Å². The normalized spacial score (nSPS) is 10.5. The number of carbonyl (C=O) groups excluding carboxylic acids is 1. The molecule has 2 aromatic rings. The van der Waals surface area contributed by atoms with Gasteiger partial charge in [-0.15, -0.1) is 0 Å². The van der Waals surface area contributed by atoms with Crippen molar-refractivity contribution in [1.29, 1.82) is 0 Å². The number of hydrogen-bond acceptors (Lipinski definition) is 4. The van der Waals surface area contributed by atoms with Crippen LogP contribution in [0.5, 0.6) is 0 Å². The van der Waals surface area contributed by atoms with E-state index in [4.69, 9.17) is 0 Å². The molecular formula is C14H15BrN4O3. The monoisotopic (exact) mass is 366 g/mol. The highest BCUT2D eigenvalue weighted by atomic mass is 79.9. The van der Waals surface area contributed by atoms with E-state index in [1.165, 1.54) is 18.2 Å². The van der Waals surface area contributed by atoms with Gasteiger partial charge in [0.05, 0.1) is 20.8 Å². The Morgan fingerprint density at radius 3 is 2.59 bits per heavy atom. The van der Waals surface area contributed by atoms with Gasteiger partial charge in [0.2, 0.25) is 5.91 Å². The fourth-order valence-corrected chi connectivity index (χ4v) is 2.34. The second-order valence-electron chi connectivity index (χ2n) is 4.95. The SMILES string of the molecule is Cc1cc([N+](=O)[O-])ccc1NC(=O)Cn1nc(C)c(Br)c1C. The van der Waals surface area contributed by atoms with Crippen LogP contribution in [0.4, 0.5) is 11.4 Å². The van der Waals surface area contributed by atoms with Crippen LogP contribution >= 0.6 is 15.9 Å². The van der Waals surface area contributed by atoms with Crippen LogP contribution in [0.15, 0.2) is 22.7 Å². The lowest BCUT2D eigenvalue weighted by Crippen LogP contribution is -2.20. The summed E-state index contributed by atoms with van der Waals surface area (Å²) in [6.45, 7) is 5.51. The molecule has 1 amide bonds. The molecule has 0 aliphatic heterocycles. The first-order chi connectivity index (χ1) is 10.3. The molecule has 0 bridgehead atoms. The van der Waals surface area contributed by atoms with E-state index in [1.54, 1.807) is 11.6 Å². The van der Waals surface area contributed by atoms with E-state index in [0.717, 1.165) is 15.9 Å². The average Bonchev–Trinajstić information content (AvgIpc) is 2.68. The number of aromatic nitrogens is 2. The van der Waals surface area contributed by atoms with Crippen LogP contribution in [0.2, 0.25) is 0 Å². The average molecular weight is 367 g/mol. The molecule has 0 fully saturated rings. The fourth-order valence-electron chi connectivity index (χ4n) is 2.06. The molecule has 1 aromatic carbocycles. The molecule has 7 nitrogen and oxygen atoms in total. The van der Waals surface area contributed by atoms with Crippen LogP contribution < -0.4 is 5.32 Å². The number of nitro benzene ring substituents is 1. The van der Waals surface area contributed by atoms with E-state index in [-0.39, 0.29) is 18.1 Å². The summed E-state index contributed by atoms with van der Waals surface area (Å²) in [5, 5.41) is 17.7. The van der Waals surface area contributed by atoms with Crippen molar-refractivity contribution in [2.24, 2.45) is 0 Å². The molecule has 2 rings (SSSR count). The predicted octanol–water partition coefficient (Wildman–Crippen LogP) is 3.12. The minimum atomic E-state index is -0.466. The zero-order valence-corrected chi connectivity index (χ0v) is 14.0. The molecule has 8 heteroatoms. The molecule has 1 heterocycles. The third-order valence-corrected chi connectivity index (χ3v) is 4.43. The lowest BCUT2D eigenvalue weighted by Gasteiger charge is -2.09. The van der Waals surface area contributed by atoms with Gasteiger partial charge < -0.3 is 5.32 Å². The summed E-state index contributed by atoms with van der Waals surface area (Å²) >= 11 is 3.41. The van der Waals surface area contributed by atoms with Crippen molar-refractivity contribution in [3.05, 3.63) is 49.7 Å². The molecule has 0 aliphatic carbocycles. The van der Waals surface area contributed by atoms with Gasteiger partial charge in [-0.2, -0.15) is 5.10 Å². The van der Waals surface area contributed by atoms with Gasteiger partial charge in [0.15, 0.2) is 0 Å². The minimum Gasteiger partial charge on any atom is -0.324 e. The molecule has 1 aromatic heterocycles. The van der Waals surface area contributed by atoms with Gasteiger partial charge in [0, 0.05) is 17.8 Å². The van der Waals surface area contributed by atoms with Crippen LogP contribution in [0.3, 0.4) is 0 Å². The van der Waals surface area contributed by atoms with Gasteiger partial charge >= 0.3 is 0 Å². The number of carbonyl (C=O) groups is 1. The number of non-ortho nitro benzene ring substituents is 1. The molecule has 0 unspecified atom stereocenters. The summed E-state index contributed by atoms with van der Waals surface area (Å²) < 4.78 is 2.49. The molecule has 0 spiro atoms. The molecule has 0 saturated heterocycles. The first kappa shape index (κ1) is 16.2. The van der Waals surface area contributed by atoms with E-state index in [2.05, 4.69) is 26.3 Å². The van der Waals surface area contributed by atoms with Crippen molar-refractivity contribution in [1.82, 2.24) is 9.78 Å². The van der Waals surface area contributed by atoms with Crippen molar-refractivity contribution in [3.63, 3.8) is 0 Å². The minimum absolute atomic E-state index is 0.00187. The first-order valence-electron chi connectivity index (χ1n) is 6.54. The van der Waals surface area contributed by atoms with Crippen LogP contribution in [0.1, 0.15) is 17.0 Å².